The summed E-state index contributed by atoms with van der Waals surface area (Å²) in [5.74, 6) is -0.0689. The van der Waals surface area contributed by atoms with Gasteiger partial charge in [-0.25, -0.2) is 0 Å². The van der Waals surface area contributed by atoms with E-state index in [0.29, 0.717) is 12.1 Å². The van der Waals surface area contributed by atoms with Gasteiger partial charge in [-0.3, -0.25) is 4.79 Å². The first-order valence-corrected chi connectivity index (χ1v) is 6.98. The molecule has 1 amide bonds. The first-order chi connectivity index (χ1) is 9.84. The third-order valence-electron chi connectivity index (χ3n) is 3.66. The summed E-state index contributed by atoms with van der Waals surface area (Å²) < 4.78 is 4.89. The van der Waals surface area contributed by atoms with Crippen molar-refractivity contribution in [2.75, 3.05) is 24.5 Å². The Kier molecular flexibility index (Phi) is 3.72. The van der Waals surface area contributed by atoms with Crippen LogP contribution >= 0.6 is 0 Å². The van der Waals surface area contributed by atoms with Crippen molar-refractivity contribution in [1.82, 2.24) is 5.32 Å². The predicted molar refractivity (Wildman–Crippen MR) is 78.0 cm³/mol. The van der Waals surface area contributed by atoms with E-state index >= 15 is 0 Å². The van der Waals surface area contributed by atoms with E-state index < -0.39 is 0 Å². The number of furan rings is 1. The minimum atomic E-state index is -0.0689. The zero-order valence-electron chi connectivity index (χ0n) is 11.3. The Labute approximate surface area is 118 Å². The average molecular weight is 270 g/mol. The second-order valence-corrected chi connectivity index (χ2v) is 4.99. The fourth-order valence-electron chi connectivity index (χ4n) is 2.61. The van der Waals surface area contributed by atoms with E-state index in [-0.39, 0.29) is 5.91 Å². The molecular weight excluding hydrogens is 252 g/mol. The summed E-state index contributed by atoms with van der Waals surface area (Å²) in [7, 11) is 0. The standard InChI is InChI=1S/C16H18N2O2/c19-16(14-7-11-20-12-14)17-8-3-9-18-10-6-13-4-1-2-5-15(13)18/h1-2,4-5,7,11-12H,3,6,8-10H2,(H,17,19). The lowest BCUT2D eigenvalue weighted by Crippen LogP contribution is -2.28. The van der Waals surface area contributed by atoms with E-state index in [1.165, 1.54) is 23.8 Å². The number of anilines is 1. The van der Waals surface area contributed by atoms with Crippen LogP contribution in [0.4, 0.5) is 5.69 Å². The van der Waals surface area contributed by atoms with Gasteiger partial charge in [0.25, 0.3) is 5.91 Å². The van der Waals surface area contributed by atoms with E-state index in [9.17, 15) is 4.79 Å². The molecule has 0 saturated carbocycles. The third kappa shape index (κ3) is 2.69. The van der Waals surface area contributed by atoms with Crippen LogP contribution in [0.2, 0.25) is 0 Å². The summed E-state index contributed by atoms with van der Waals surface area (Å²) in [4.78, 5) is 14.1. The summed E-state index contributed by atoms with van der Waals surface area (Å²) >= 11 is 0. The molecule has 0 fully saturated rings. The number of carbonyl (C=O) groups excluding carboxylic acids is 1. The highest BCUT2D eigenvalue weighted by Crippen LogP contribution is 2.27. The lowest BCUT2D eigenvalue weighted by Gasteiger charge is -2.19. The van der Waals surface area contributed by atoms with Crippen LogP contribution in [-0.2, 0) is 6.42 Å². The average Bonchev–Trinajstić information content (AvgIpc) is 3.13. The van der Waals surface area contributed by atoms with E-state index in [2.05, 4.69) is 34.5 Å². The number of carbonyl (C=O) groups is 1. The Balaban J connectivity index is 1.44. The van der Waals surface area contributed by atoms with Crippen LogP contribution in [-0.4, -0.2) is 25.5 Å². The van der Waals surface area contributed by atoms with Gasteiger partial charge in [0.05, 0.1) is 11.8 Å². The van der Waals surface area contributed by atoms with E-state index in [1.807, 2.05) is 0 Å². The van der Waals surface area contributed by atoms with Crippen molar-refractivity contribution < 1.29 is 9.21 Å². The Morgan fingerprint density at radius 1 is 1.30 bits per heavy atom. The maximum Gasteiger partial charge on any atom is 0.254 e. The molecule has 1 aromatic heterocycles. The number of nitrogens with zero attached hydrogens (tertiary/aromatic N) is 1. The van der Waals surface area contributed by atoms with Crippen molar-refractivity contribution in [3.05, 3.63) is 54.0 Å². The fraction of sp³-hybridized carbons (Fsp3) is 0.312. The highest BCUT2D eigenvalue weighted by molar-refractivity contribution is 5.93. The Morgan fingerprint density at radius 3 is 3.05 bits per heavy atom. The van der Waals surface area contributed by atoms with Crippen LogP contribution in [0.5, 0.6) is 0 Å². The number of hydrogen-bond donors (Lipinski definition) is 1. The van der Waals surface area contributed by atoms with Gasteiger partial charge in [0.15, 0.2) is 0 Å². The van der Waals surface area contributed by atoms with Gasteiger partial charge < -0.3 is 14.6 Å². The summed E-state index contributed by atoms with van der Waals surface area (Å²) in [6.07, 6.45) is 5.04. The van der Waals surface area contributed by atoms with E-state index in [0.717, 1.165) is 25.9 Å². The zero-order valence-corrected chi connectivity index (χ0v) is 11.3. The molecule has 0 saturated heterocycles. The first kappa shape index (κ1) is 12.8. The lowest BCUT2D eigenvalue weighted by molar-refractivity contribution is 0.0953. The molecule has 0 spiro atoms. The monoisotopic (exact) mass is 270 g/mol. The third-order valence-corrected chi connectivity index (χ3v) is 3.66. The van der Waals surface area contributed by atoms with Crippen molar-refractivity contribution >= 4 is 11.6 Å². The molecule has 3 rings (SSSR count). The molecule has 0 atom stereocenters. The predicted octanol–water partition coefficient (Wildman–Crippen LogP) is 2.46. The smallest absolute Gasteiger partial charge is 0.254 e. The van der Waals surface area contributed by atoms with Gasteiger partial charge in [0.1, 0.15) is 6.26 Å². The fourth-order valence-corrected chi connectivity index (χ4v) is 2.61. The molecule has 2 aromatic rings. The Morgan fingerprint density at radius 2 is 2.20 bits per heavy atom. The van der Waals surface area contributed by atoms with Crippen LogP contribution in [0.15, 0.2) is 47.3 Å². The van der Waals surface area contributed by atoms with E-state index in [4.69, 9.17) is 4.42 Å². The molecule has 1 N–H and O–H groups in total. The molecule has 0 bridgehead atoms. The minimum Gasteiger partial charge on any atom is -0.472 e. The Bertz CT molecular complexity index is 578. The molecule has 0 aliphatic carbocycles. The number of rotatable bonds is 5. The molecule has 20 heavy (non-hydrogen) atoms. The van der Waals surface area contributed by atoms with Gasteiger partial charge in [0, 0.05) is 25.3 Å². The second-order valence-electron chi connectivity index (χ2n) is 4.99. The SMILES string of the molecule is O=C(NCCCN1CCc2ccccc21)c1ccoc1. The maximum absolute atomic E-state index is 11.7. The van der Waals surface area contributed by atoms with Crippen molar-refractivity contribution in [3.8, 4) is 0 Å². The largest absolute Gasteiger partial charge is 0.472 e. The summed E-state index contributed by atoms with van der Waals surface area (Å²) in [6.45, 7) is 2.74. The summed E-state index contributed by atoms with van der Waals surface area (Å²) in [5.41, 5.74) is 3.35. The quantitative estimate of drug-likeness (QED) is 0.849. The van der Waals surface area contributed by atoms with Gasteiger partial charge in [-0.1, -0.05) is 18.2 Å². The molecule has 4 nitrogen and oxygen atoms in total. The second kappa shape index (κ2) is 5.82. The Hall–Kier alpha value is -2.23. The van der Waals surface area contributed by atoms with Gasteiger partial charge >= 0.3 is 0 Å². The maximum atomic E-state index is 11.7. The number of benzene rings is 1. The molecule has 1 aromatic carbocycles. The molecule has 104 valence electrons. The van der Waals surface area contributed by atoms with Gasteiger partial charge in [0.2, 0.25) is 0 Å². The minimum absolute atomic E-state index is 0.0689. The highest BCUT2D eigenvalue weighted by atomic mass is 16.3. The van der Waals surface area contributed by atoms with Gasteiger partial charge in [-0.2, -0.15) is 0 Å². The van der Waals surface area contributed by atoms with Crippen LogP contribution in [0.25, 0.3) is 0 Å². The topological polar surface area (TPSA) is 45.5 Å². The molecular formula is C16H18N2O2. The molecule has 0 unspecified atom stereocenters. The van der Waals surface area contributed by atoms with Gasteiger partial charge in [-0.15, -0.1) is 0 Å². The molecule has 1 aliphatic heterocycles. The summed E-state index contributed by atoms with van der Waals surface area (Å²) in [6, 6.07) is 10.2. The lowest BCUT2D eigenvalue weighted by atomic mass is 10.2. The molecule has 0 radical (unpaired) electrons. The molecule has 4 heteroatoms. The van der Waals surface area contributed by atoms with Crippen LogP contribution < -0.4 is 10.2 Å². The summed E-state index contributed by atoms with van der Waals surface area (Å²) in [5, 5.41) is 2.91. The van der Waals surface area contributed by atoms with Crippen molar-refractivity contribution in [2.45, 2.75) is 12.8 Å². The van der Waals surface area contributed by atoms with Crippen LogP contribution in [0.3, 0.4) is 0 Å². The molecule has 1 aliphatic rings. The van der Waals surface area contributed by atoms with E-state index in [1.54, 1.807) is 6.07 Å². The van der Waals surface area contributed by atoms with Crippen molar-refractivity contribution in [1.29, 1.82) is 0 Å². The normalized spacial score (nSPS) is 13.3. The van der Waals surface area contributed by atoms with Crippen LogP contribution in [0, 0.1) is 0 Å². The van der Waals surface area contributed by atoms with Crippen LogP contribution in [0.1, 0.15) is 22.3 Å². The number of hydrogen-bond acceptors (Lipinski definition) is 3. The number of fused-ring (bicyclic) bond motifs is 1. The number of amides is 1. The first-order valence-electron chi connectivity index (χ1n) is 6.98. The zero-order chi connectivity index (χ0) is 13.8. The number of nitrogens with one attached hydrogen (secondary N) is 1. The van der Waals surface area contributed by atoms with Crippen molar-refractivity contribution in [2.24, 2.45) is 0 Å². The molecule has 2 heterocycles. The number of para-hydroxylation sites is 1. The highest BCUT2D eigenvalue weighted by Gasteiger charge is 2.17. The van der Waals surface area contributed by atoms with Crippen molar-refractivity contribution in [3.63, 3.8) is 0 Å². The van der Waals surface area contributed by atoms with Gasteiger partial charge in [-0.05, 0) is 30.5 Å².